The zero-order valence-corrected chi connectivity index (χ0v) is 8.37. The highest BCUT2D eigenvalue weighted by atomic mass is 35.5. The average molecular weight is 211 g/mol. The standard InChI is InChI=1S/C10H11ClN2O/c11-7-2-1-3-8(6-7)13-5-4-9(12)10(13)14/h1-3,6,9H,4-5,12H2/t9-/m0/s1. The summed E-state index contributed by atoms with van der Waals surface area (Å²) in [5.41, 5.74) is 6.45. The first-order chi connectivity index (χ1) is 6.68. The van der Waals surface area contributed by atoms with Gasteiger partial charge in [0.2, 0.25) is 5.91 Å². The molecule has 0 aromatic heterocycles. The highest BCUT2D eigenvalue weighted by Gasteiger charge is 2.29. The van der Waals surface area contributed by atoms with Gasteiger partial charge in [-0.1, -0.05) is 17.7 Å². The number of nitrogens with two attached hydrogens (primary N) is 1. The molecule has 0 spiro atoms. The Morgan fingerprint density at radius 2 is 2.29 bits per heavy atom. The van der Waals surface area contributed by atoms with Crippen LogP contribution in [0.4, 0.5) is 5.69 Å². The molecule has 0 radical (unpaired) electrons. The van der Waals surface area contributed by atoms with E-state index < -0.39 is 0 Å². The van der Waals surface area contributed by atoms with Crippen LogP contribution in [0, 0.1) is 0 Å². The van der Waals surface area contributed by atoms with Gasteiger partial charge in [0.15, 0.2) is 0 Å². The second-order valence-electron chi connectivity index (χ2n) is 3.36. The van der Waals surface area contributed by atoms with Gasteiger partial charge < -0.3 is 10.6 Å². The Morgan fingerprint density at radius 1 is 1.50 bits per heavy atom. The molecule has 1 aliphatic heterocycles. The number of carbonyl (C=O) groups excluding carboxylic acids is 1. The molecule has 1 atom stereocenters. The van der Waals surface area contributed by atoms with Crippen LogP contribution in [-0.2, 0) is 4.79 Å². The van der Waals surface area contributed by atoms with Crippen molar-refractivity contribution in [1.82, 2.24) is 0 Å². The van der Waals surface area contributed by atoms with Crippen molar-refractivity contribution >= 4 is 23.2 Å². The van der Waals surface area contributed by atoms with Gasteiger partial charge in [0, 0.05) is 17.3 Å². The fourth-order valence-corrected chi connectivity index (χ4v) is 1.79. The van der Waals surface area contributed by atoms with Gasteiger partial charge in [-0.2, -0.15) is 0 Å². The normalized spacial score (nSPS) is 21.7. The van der Waals surface area contributed by atoms with Gasteiger partial charge in [-0.05, 0) is 24.6 Å². The molecule has 2 N–H and O–H groups in total. The smallest absolute Gasteiger partial charge is 0.243 e. The van der Waals surface area contributed by atoms with Crippen molar-refractivity contribution < 1.29 is 4.79 Å². The van der Waals surface area contributed by atoms with E-state index in [1.807, 2.05) is 12.1 Å². The van der Waals surface area contributed by atoms with Gasteiger partial charge in [0.25, 0.3) is 0 Å². The number of nitrogens with zero attached hydrogens (tertiary/aromatic N) is 1. The van der Waals surface area contributed by atoms with E-state index in [-0.39, 0.29) is 11.9 Å². The molecular formula is C10H11ClN2O. The third-order valence-electron chi connectivity index (χ3n) is 2.37. The van der Waals surface area contributed by atoms with E-state index >= 15 is 0 Å². The molecule has 2 rings (SSSR count). The van der Waals surface area contributed by atoms with Crippen molar-refractivity contribution in [1.29, 1.82) is 0 Å². The lowest BCUT2D eigenvalue weighted by molar-refractivity contribution is -0.118. The maximum absolute atomic E-state index is 11.6. The number of benzene rings is 1. The predicted octanol–water partition coefficient (Wildman–Crippen LogP) is 1.40. The zero-order valence-electron chi connectivity index (χ0n) is 7.61. The lowest BCUT2D eigenvalue weighted by atomic mass is 10.3. The first-order valence-electron chi connectivity index (χ1n) is 4.51. The second-order valence-corrected chi connectivity index (χ2v) is 3.80. The van der Waals surface area contributed by atoms with Crippen LogP contribution in [0.15, 0.2) is 24.3 Å². The summed E-state index contributed by atoms with van der Waals surface area (Å²) in [4.78, 5) is 13.3. The second kappa shape index (κ2) is 3.59. The minimum Gasteiger partial charge on any atom is -0.320 e. The topological polar surface area (TPSA) is 46.3 Å². The average Bonchev–Trinajstić information content (AvgIpc) is 2.48. The molecule has 1 aromatic carbocycles. The zero-order chi connectivity index (χ0) is 10.1. The third-order valence-corrected chi connectivity index (χ3v) is 2.60. The molecule has 0 saturated carbocycles. The summed E-state index contributed by atoms with van der Waals surface area (Å²) < 4.78 is 0. The van der Waals surface area contributed by atoms with E-state index in [1.165, 1.54) is 0 Å². The summed E-state index contributed by atoms with van der Waals surface area (Å²) in [5.74, 6) is -0.0210. The predicted molar refractivity (Wildman–Crippen MR) is 56.4 cm³/mol. The van der Waals surface area contributed by atoms with Gasteiger partial charge >= 0.3 is 0 Å². The van der Waals surface area contributed by atoms with Crippen LogP contribution in [0.25, 0.3) is 0 Å². The number of halogens is 1. The quantitative estimate of drug-likeness (QED) is 0.762. The van der Waals surface area contributed by atoms with Gasteiger partial charge in [-0.3, -0.25) is 4.79 Å². The molecule has 1 heterocycles. The molecule has 4 heteroatoms. The fourth-order valence-electron chi connectivity index (χ4n) is 1.60. The highest BCUT2D eigenvalue weighted by molar-refractivity contribution is 6.30. The van der Waals surface area contributed by atoms with Crippen molar-refractivity contribution in [2.45, 2.75) is 12.5 Å². The minimum atomic E-state index is -0.353. The van der Waals surface area contributed by atoms with Gasteiger partial charge in [-0.25, -0.2) is 0 Å². The van der Waals surface area contributed by atoms with Crippen LogP contribution in [0.3, 0.4) is 0 Å². The Bertz CT molecular complexity index is 367. The monoisotopic (exact) mass is 210 g/mol. The third kappa shape index (κ3) is 1.61. The Labute approximate surface area is 87.4 Å². The maximum atomic E-state index is 11.6. The van der Waals surface area contributed by atoms with Crippen molar-refractivity contribution in [3.63, 3.8) is 0 Å². The Kier molecular flexibility index (Phi) is 2.44. The van der Waals surface area contributed by atoms with E-state index in [4.69, 9.17) is 17.3 Å². The Hall–Kier alpha value is -1.06. The van der Waals surface area contributed by atoms with E-state index in [1.54, 1.807) is 17.0 Å². The fraction of sp³-hybridized carbons (Fsp3) is 0.300. The van der Waals surface area contributed by atoms with Crippen molar-refractivity contribution in [2.24, 2.45) is 5.73 Å². The number of rotatable bonds is 1. The van der Waals surface area contributed by atoms with Gasteiger partial charge in [0.1, 0.15) is 0 Å². The molecular weight excluding hydrogens is 200 g/mol. The van der Waals surface area contributed by atoms with Gasteiger partial charge in [-0.15, -0.1) is 0 Å². The summed E-state index contributed by atoms with van der Waals surface area (Å²) in [6.45, 7) is 0.681. The van der Waals surface area contributed by atoms with Crippen LogP contribution in [0.2, 0.25) is 5.02 Å². The minimum absolute atomic E-state index is 0.0210. The molecule has 0 unspecified atom stereocenters. The largest absolute Gasteiger partial charge is 0.320 e. The van der Waals surface area contributed by atoms with E-state index in [0.29, 0.717) is 18.0 Å². The number of anilines is 1. The molecule has 1 amide bonds. The molecule has 1 aliphatic rings. The molecule has 1 fully saturated rings. The van der Waals surface area contributed by atoms with Crippen LogP contribution < -0.4 is 10.6 Å². The molecule has 0 aliphatic carbocycles. The number of hydrogen-bond donors (Lipinski definition) is 1. The van der Waals surface area contributed by atoms with Crippen LogP contribution in [0.1, 0.15) is 6.42 Å². The van der Waals surface area contributed by atoms with Crippen molar-refractivity contribution in [2.75, 3.05) is 11.4 Å². The summed E-state index contributed by atoms with van der Waals surface area (Å²) in [7, 11) is 0. The van der Waals surface area contributed by atoms with Crippen molar-refractivity contribution in [3.8, 4) is 0 Å². The van der Waals surface area contributed by atoms with Crippen LogP contribution in [0.5, 0.6) is 0 Å². The van der Waals surface area contributed by atoms with E-state index in [0.717, 1.165) is 5.69 Å². The first-order valence-corrected chi connectivity index (χ1v) is 4.89. The summed E-state index contributed by atoms with van der Waals surface area (Å²) in [6, 6.07) is 6.90. The Balaban J connectivity index is 2.28. The van der Waals surface area contributed by atoms with Crippen molar-refractivity contribution in [3.05, 3.63) is 29.3 Å². The number of amides is 1. The Morgan fingerprint density at radius 3 is 2.86 bits per heavy atom. The van der Waals surface area contributed by atoms with E-state index in [2.05, 4.69) is 0 Å². The van der Waals surface area contributed by atoms with Crippen LogP contribution in [-0.4, -0.2) is 18.5 Å². The van der Waals surface area contributed by atoms with Gasteiger partial charge in [0.05, 0.1) is 6.04 Å². The molecule has 14 heavy (non-hydrogen) atoms. The number of carbonyl (C=O) groups is 1. The molecule has 1 saturated heterocycles. The summed E-state index contributed by atoms with van der Waals surface area (Å²) in [5, 5.41) is 0.635. The number of hydrogen-bond acceptors (Lipinski definition) is 2. The van der Waals surface area contributed by atoms with E-state index in [9.17, 15) is 4.79 Å². The summed E-state index contributed by atoms with van der Waals surface area (Å²) >= 11 is 5.84. The highest BCUT2D eigenvalue weighted by Crippen LogP contribution is 2.23. The van der Waals surface area contributed by atoms with Crippen LogP contribution >= 0.6 is 11.6 Å². The lowest BCUT2D eigenvalue weighted by Gasteiger charge is -2.15. The SMILES string of the molecule is N[C@H]1CCN(c2cccc(Cl)c2)C1=O. The molecule has 0 bridgehead atoms. The first kappa shape index (κ1) is 9.49. The maximum Gasteiger partial charge on any atom is 0.243 e. The molecule has 3 nitrogen and oxygen atoms in total. The lowest BCUT2D eigenvalue weighted by Crippen LogP contribution is -2.33. The molecule has 74 valence electrons. The summed E-state index contributed by atoms with van der Waals surface area (Å²) in [6.07, 6.45) is 0.714. The molecule has 1 aromatic rings.